The standard InChI is InChI=1S/C22H25F2NO3.C2H6/c1-27-18-9-7-16(8-10-18)14-28-21-19(23)11-17(12-20(21)24)22(26)25-13-15-5-3-2-4-6-15;1-2/h7-12,15H,2-6,13-14H2,1H3,(H,25,26);1-2H3. The monoisotopic (exact) mass is 419 g/mol. The number of amides is 1. The number of carbonyl (C=O) groups excluding carboxylic acids is 1. The summed E-state index contributed by atoms with van der Waals surface area (Å²) in [5, 5.41) is 2.79. The van der Waals surface area contributed by atoms with Gasteiger partial charge in [-0.3, -0.25) is 4.79 Å². The molecule has 1 fully saturated rings. The molecule has 2 aromatic rings. The molecule has 0 saturated heterocycles. The van der Waals surface area contributed by atoms with Gasteiger partial charge >= 0.3 is 0 Å². The normalized spacial score (nSPS) is 13.8. The van der Waals surface area contributed by atoms with Gasteiger partial charge in [-0.2, -0.15) is 0 Å². The molecule has 0 aliphatic heterocycles. The third-order valence-corrected chi connectivity index (χ3v) is 5.08. The highest BCUT2D eigenvalue weighted by Gasteiger charge is 2.19. The van der Waals surface area contributed by atoms with E-state index in [0.717, 1.165) is 30.5 Å². The molecule has 1 aliphatic carbocycles. The number of hydrogen-bond donors (Lipinski definition) is 1. The van der Waals surface area contributed by atoms with E-state index in [9.17, 15) is 13.6 Å². The van der Waals surface area contributed by atoms with Gasteiger partial charge in [0.1, 0.15) is 12.4 Å². The minimum atomic E-state index is -0.892. The van der Waals surface area contributed by atoms with Crippen molar-refractivity contribution in [2.75, 3.05) is 13.7 Å². The average molecular weight is 420 g/mol. The molecule has 0 atom stereocenters. The molecule has 1 N–H and O–H groups in total. The topological polar surface area (TPSA) is 47.6 Å². The first-order chi connectivity index (χ1) is 14.6. The van der Waals surface area contributed by atoms with Gasteiger partial charge in [0.2, 0.25) is 0 Å². The number of halogens is 2. The summed E-state index contributed by atoms with van der Waals surface area (Å²) in [6.07, 6.45) is 5.75. The molecule has 0 heterocycles. The first kappa shape index (κ1) is 23.6. The van der Waals surface area contributed by atoms with E-state index in [1.54, 1.807) is 31.4 Å². The summed E-state index contributed by atoms with van der Waals surface area (Å²) < 4.78 is 39.0. The Morgan fingerprint density at radius 3 is 2.20 bits per heavy atom. The van der Waals surface area contributed by atoms with E-state index in [1.165, 1.54) is 19.3 Å². The van der Waals surface area contributed by atoms with Gasteiger partial charge in [0, 0.05) is 12.1 Å². The third kappa shape index (κ3) is 6.71. The smallest absolute Gasteiger partial charge is 0.251 e. The summed E-state index contributed by atoms with van der Waals surface area (Å²) in [6, 6.07) is 9.02. The second kappa shape index (κ2) is 12.2. The van der Waals surface area contributed by atoms with Gasteiger partial charge in [0.15, 0.2) is 17.4 Å². The van der Waals surface area contributed by atoms with Gasteiger partial charge in [0.05, 0.1) is 7.11 Å². The molecular formula is C24H31F2NO3. The summed E-state index contributed by atoms with van der Waals surface area (Å²) in [7, 11) is 1.56. The second-order valence-electron chi connectivity index (χ2n) is 7.12. The first-order valence-corrected chi connectivity index (χ1v) is 10.6. The van der Waals surface area contributed by atoms with Crippen molar-refractivity contribution in [3.05, 3.63) is 59.2 Å². The lowest BCUT2D eigenvalue weighted by Gasteiger charge is -2.21. The second-order valence-corrected chi connectivity index (χ2v) is 7.12. The minimum Gasteiger partial charge on any atom is -0.497 e. The number of hydrogen-bond acceptors (Lipinski definition) is 3. The van der Waals surface area contributed by atoms with Crippen LogP contribution in [0.1, 0.15) is 61.9 Å². The average Bonchev–Trinajstić information content (AvgIpc) is 2.79. The zero-order valence-electron chi connectivity index (χ0n) is 18.0. The maximum atomic E-state index is 14.3. The van der Waals surface area contributed by atoms with Crippen molar-refractivity contribution < 1.29 is 23.0 Å². The van der Waals surface area contributed by atoms with Crippen LogP contribution in [0.5, 0.6) is 11.5 Å². The van der Waals surface area contributed by atoms with Crippen LogP contribution >= 0.6 is 0 Å². The summed E-state index contributed by atoms with van der Waals surface area (Å²) in [6.45, 7) is 4.54. The van der Waals surface area contributed by atoms with Gasteiger partial charge in [-0.05, 0) is 48.6 Å². The van der Waals surface area contributed by atoms with Crippen LogP contribution < -0.4 is 14.8 Å². The molecule has 30 heavy (non-hydrogen) atoms. The van der Waals surface area contributed by atoms with E-state index in [0.29, 0.717) is 18.2 Å². The van der Waals surface area contributed by atoms with Crippen LogP contribution in [0.3, 0.4) is 0 Å². The lowest BCUT2D eigenvalue weighted by molar-refractivity contribution is 0.0942. The van der Waals surface area contributed by atoms with Crippen LogP contribution in [0.4, 0.5) is 8.78 Å². The molecule has 0 spiro atoms. The molecule has 1 amide bonds. The minimum absolute atomic E-state index is 0.00502. The van der Waals surface area contributed by atoms with Crippen LogP contribution in [0.25, 0.3) is 0 Å². The number of carbonyl (C=O) groups is 1. The number of benzene rings is 2. The highest BCUT2D eigenvalue weighted by atomic mass is 19.1. The molecular weight excluding hydrogens is 388 g/mol. The highest BCUT2D eigenvalue weighted by molar-refractivity contribution is 5.94. The Hall–Kier alpha value is -2.63. The molecule has 0 aromatic heterocycles. The lowest BCUT2D eigenvalue weighted by Crippen LogP contribution is -2.30. The van der Waals surface area contributed by atoms with Gasteiger partial charge < -0.3 is 14.8 Å². The number of methoxy groups -OCH3 is 1. The predicted molar refractivity (Wildman–Crippen MR) is 114 cm³/mol. The van der Waals surface area contributed by atoms with Gasteiger partial charge in [0.25, 0.3) is 5.91 Å². The van der Waals surface area contributed by atoms with Crippen LogP contribution in [0.15, 0.2) is 36.4 Å². The highest BCUT2D eigenvalue weighted by Crippen LogP contribution is 2.26. The van der Waals surface area contributed by atoms with Crippen molar-refractivity contribution >= 4 is 5.91 Å². The van der Waals surface area contributed by atoms with Crippen molar-refractivity contribution in [2.24, 2.45) is 5.92 Å². The van der Waals surface area contributed by atoms with E-state index in [2.05, 4.69) is 5.32 Å². The maximum absolute atomic E-state index is 14.3. The van der Waals surface area contributed by atoms with Crippen molar-refractivity contribution in [3.63, 3.8) is 0 Å². The number of ether oxygens (including phenoxy) is 2. The maximum Gasteiger partial charge on any atom is 0.251 e. The van der Waals surface area contributed by atoms with E-state index in [1.807, 2.05) is 13.8 Å². The van der Waals surface area contributed by atoms with E-state index in [-0.39, 0.29) is 12.2 Å². The summed E-state index contributed by atoms with van der Waals surface area (Å²) in [4.78, 5) is 12.2. The Bertz CT molecular complexity index is 780. The molecule has 1 saturated carbocycles. The first-order valence-electron chi connectivity index (χ1n) is 10.6. The van der Waals surface area contributed by atoms with Crippen LogP contribution in [-0.2, 0) is 6.61 Å². The van der Waals surface area contributed by atoms with E-state index >= 15 is 0 Å². The molecule has 0 unspecified atom stereocenters. The Morgan fingerprint density at radius 2 is 1.63 bits per heavy atom. The molecule has 0 radical (unpaired) electrons. The Kier molecular flexibility index (Phi) is 9.58. The number of nitrogens with one attached hydrogen (secondary N) is 1. The SMILES string of the molecule is CC.COc1ccc(COc2c(F)cc(C(=O)NCC3CCCCC3)cc2F)cc1. The molecule has 6 heteroatoms. The Balaban J connectivity index is 0.00000155. The lowest BCUT2D eigenvalue weighted by atomic mass is 9.89. The van der Waals surface area contributed by atoms with Crippen molar-refractivity contribution in [3.8, 4) is 11.5 Å². The van der Waals surface area contributed by atoms with Crippen molar-refractivity contribution in [2.45, 2.75) is 52.6 Å². The molecule has 3 rings (SSSR count). The fraction of sp³-hybridized carbons (Fsp3) is 0.458. The van der Waals surface area contributed by atoms with Crippen LogP contribution in [0.2, 0.25) is 0 Å². The molecule has 0 bridgehead atoms. The van der Waals surface area contributed by atoms with E-state index in [4.69, 9.17) is 9.47 Å². The fourth-order valence-corrected chi connectivity index (χ4v) is 3.44. The van der Waals surface area contributed by atoms with Crippen LogP contribution in [-0.4, -0.2) is 19.6 Å². The van der Waals surface area contributed by atoms with Gasteiger partial charge in [-0.15, -0.1) is 0 Å². The zero-order valence-corrected chi connectivity index (χ0v) is 18.0. The summed E-state index contributed by atoms with van der Waals surface area (Å²) >= 11 is 0. The fourth-order valence-electron chi connectivity index (χ4n) is 3.44. The van der Waals surface area contributed by atoms with Gasteiger partial charge in [-0.25, -0.2) is 8.78 Å². The van der Waals surface area contributed by atoms with Crippen molar-refractivity contribution in [1.29, 1.82) is 0 Å². The summed E-state index contributed by atoms with van der Waals surface area (Å²) in [5.41, 5.74) is 0.705. The molecule has 2 aromatic carbocycles. The van der Waals surface area contributed by atoms with Crippen LogP contribution in [0, 0.1) is 17.6 Å². The number of rotatable bonds is 7. The summed E-state index contributed by atoms with van der Waals surface area (Å²) in [5.74, 6) is -1.61. The molecule has 1 aliphatic rings. The quantitative estimate of drug-likeness (QED) is 0.609. The Morgan fingerprint density at radius 1 is 1.03 bits per heavy atom. The van der Waals surface area contributed by atoms with Gasteiger partial charge in [-0.1, -0.05) is 45.2 Å². The Labute approximate surface area is 177 Å². The molecule has 4 nitrogen and oxygen atoms in total. The molecule has 164 valence electrons. The predicted octanol–water partition coefficient (Wildman–Crippen LogP) is 5.89. The third-order valence-electron chi connectivity index (χ3n) is 5.08. The van der Waals surface area contributed by atoms with Crippen molar-refractivity contribution in [1.82, 2.24) is 5.32 Å². The van der Waals surface area contributed by atoms with E-state index < -0.39 is 23.3 Å². The largest absolute Gasteiger partial charge is 0.497 e. The zero-order chi connectivity index (χ0) is 21.9.